The minimum Gasteiger partial charge on any atom is -0.479 e. The highest BCUT2D eigenvalue weighted by molar-refractivity contribution is 6.07. The molecule has 0 fully saturated rings. The molecule has 0 radical (unpaired) electrons. The first-order chi connectivity index (χ1) is 13.9. The molecule has 1 aliphatic rings. The number of hydrogen-bond acceptors (Lipinski definition) is 4. The molecule has 0 saturated carbocycles. The van der Waals surface area contributed by atoms with Crippen molar-refractivity contribution >= 4 is 29.0 Å². The lowest BCUT2D eigenvalue weighted by Crippen LogP contribution is -2.47. The largest absolute Gasteiger partial charge is 0.479 e. The summed E-state index contributed by atoms with van der Waals surface area (Å²) in [5.41, 5.74) is 2.81. The van der Waals surface area contributed by atoms with Gasteiger partial charge in [0.25, 0.3) is 5.91 Å². The quantitative estimate of drug-likeness (QED) is 0.721. The predicted molar refractivity (Wildman–Crippen MR) is 113 cm³/mol. The Bertz CT molecular complexity index is 921. The van der Waals surface area contributed by atoms with Crippen LogP contribution in [0.1, 0.15) is 49.5 Å². The van der Waals surface area contributed by atoms with Crippen molar-refractivity contribution < 1.29 is 19.1 Å². The van der Waals surface area contributed by atoms with Crippen LogP contribution in [-0.2, 0) is 16.0 Å². The number of ketones is 1. The highest BCUT2D eigenvalue weighted by atomic mass is 16.5. The second-order valence-electron chi connectivity index (χ2n) is 7.27. The number of benzene rings is 2. The fourth-order valence-corrected chi connectivity index (χ4v) is 3.27. The smallest absolute Gasteiger partial charge is 0.268 e. The van der Waals surface area contributed by atoms with Gasteiger partial charge in [0.15, 0.2) is 11.9 Å². The van der Waals surface area contributed by atoms with E-state index in [9.17, 15) is 14.4 Å². The Balaban J connectivity index is 1.74. The van der Waals surface area contributed by atoms with Gasteiger partial charge < -0.3 is 10.1 Å². The molecule has 152 valence electrons. The molecule has 0 aromatic heterocycles. The van der Waals surface area contributed by atoms with Crippen LogP contribution >= 0.6 is 0 Å². The van der Waals surface area contributed by atoms with Crippen LogP contribution in [0.3, 0.4) is 0 Å². The summed E-state index contributed by atoms with van der Waals surface area (Å²) < 4.78 is 5.62. The van der Waals surface area contributed by atoms with E-state index in [0.717, 1.165) is 19.3 Å². The van der Waals surface area contributed by atoms with E-state index < -0.39 is 6.10 Å². The Morgan fingerprint density at radius 1 is 1.14 bits per heavy atom. The monoisotopic (exact) mass is 394 g/mol. The van der Waals surface area contributed by atoms with Gasteiger partial charge in [-0.05, 0) is 62.6 Å². The molecule has 2 amide bonds. The van der Waals surface area contributed by atoms with Gasteiger partial charge in [-0.25, -0.2) is 0 Å². The van der Waals surface area contributed by atoms with Crippen molar-refractivity contribution in [1.82, 2.24) is 0 Å². The van der Waals surface area contributed by atoms with E-state index >= 15 is 0 Å². The number of aryl methyl sites for hydroxylation is 1. The van der Waals surface area contributed by atoms with E-state index in [0.29, 0.717) is 22.7 Å². The summed E-state index contributed by atoms with van der Waals surface area (Å²) >= 11 is 0. The molecule has 0 saturated heterocycles. The van der Waals surface area contributed by atoms with Crippen molar-refractivity contribution in [3.05, 3.63) is 53.6 Å². The van der Waals surface area contributed by atoms with Crippen LogP contribution in [-0.4, -0.2) is 30.2 Å². The third-order valence-electron chi connectivity index (χ3n) is 4.93. The molecule has 0 spiro atoms. The number of fused-ring (bicyclic) bond motifs is 1. The molecule has 2 aromatic carbocycles. The summed E-state index contributed by atoms with van der Waals surface area (Å²) in [6.45, 7) is 5.10. The number of carbonyl (C=O) groups is 3. The number of rotatable bonds is 7. The van der Waals surface area contributed by atoms with Crippen LogP contribution in [0.5, 0.6) is 5.75 Å². The Kier molecular flexibility index (Phi) is 6.32. The van der Waals surface area contributed by atoms with Gasteiger partial charge in [0, 0.05) is 11.3 Å². The second kappa shape index (κ2) is 8.90. The molecule has 6 nitrogen and oxygen atoms in total. The van der Waals surface area contributed by atoms with E-state index in [1.165, 1.54) is 17.4 Å². The average molecular weight is 394 g/mol. The predicted octanol–water partition coefficient (Wildman–Crippen LogP) is 3.98. The molecule has 29 heavy (non-hydrogen) atoms. The third-order valence-corrected chi connectivity index (χ3v) is 4.93. The molecule has 2 aromatic rings. The maximum Gasteiger partial charge on any atom is 0.268 e. The SMILES string of the molecule is CCCCc1ccc(NC(=O)CN2C(=O)C(C)Oc3ccc(C(C)=O)cc32)cc1. The zero-order valence-corrected chi connectivity index (χ0v) is 17.0. The summed E-state index contributed by atoms with van der Waals surface area (Å²) in [7, 11) is 0. The zero-order chi connectivity index (χ0) is 21.0. The van der Waals surface area contributed by atoms with E-state index in [4.69, 9.17) is 4.74 Å². The van der Waals surface area contributed by atoms with Crippen molar-refractivity contribution in [2.24, 2.45) is 0 Å². The minimum absolute atomic E-state index is 0.119. The van der Waals surface area contributed by atoms with E-state index in [1.807, 2.05) is 24.3 Å². The number of carbonyl (C=O) groups excluding carboxylic acids is 3. The number of anilines is 2. The molecule has 1 N–H and O–H groups in total. The van der Waals surface area contributed by atoms with Crippen molar-refractivity contribution in [3.8, 4) is 5.75 Å². The molecular weight excluding hydrogens is 368 g/mol. The number of amides is 2. The Labute approximate surface area is 170 Å². The lowest BCUT2D eigenvalue weighted by atomic mass is 10.1. The molecule has 0 aliphatic carbocycles. The number of Topliss-reactive ketones (excluding diaryl/α,β-unsaturated/α-hetero) is 1. The lowest BCUT2D eigenvalue weighted by molar-refractivity contribution is -0.127. The normalized spacial score (nSPS) is 15.5. The summed E-state index contributed by atoms with van der Waals surface area (Å²) in [5, 5.41) is 2.84. The van der Waals surface area contributed by atoms with E-state index in [-0.39, 0.29) is 24.1 Å². The second-order valence-corrected chi connectivity index (χ2v) is 7.27. The van der Waals surface area contributed by atoms with Crippen molar-refractivity contribution in [2.45, 2.75) is 46.1 Å². The molecule has 1 atom stereocenters. The van der Waals surface area contributed by atoms with Gasteiger partial charge in [-0.3, -0.25) is 19.3 Å². The van der Waals surface area contributed by atoms with Crippen LogP contribution in [0.25, 0.3) is 0 Å². The van der Waals surface area contributed by atoms with Gasteiger partial charge in [-0.1, -0.05) is 25.5 Å². The standard InChI is InChI=1S/C23H26N2O4/c1-4-5-6-17-7-10-19(11-8-17)24-22(27)14-25-20-13-18(15(2)26)9-12-21(20)29-16(3)23(25)28/h7-13,16H,4-6,14H2,1-3H3,(H,24,27). The topological polar surface area (TPSA) is 75.7 Å². The van der Waals surface area contributed by atoms with Crippen molar-refractivity contribution in [2.75, 3.05) is 16.8 Å². The summed E-state index contributed by atoms with van der Waals surface area (Å²) in [5.74, 6) is -0.266. The first kappa shape index (κ1) is 20.6. The van der Waals surface area contributed by atoms with Crippen LogP contribution in [0.15, 0.2) is 42.5 Å². The minimum atomic E-state index is -0.698. The maximum atomic E-state index is 12.6. The van der Waals surface area contributed by atoms with Crippen LogP contribution in [0.2, 0.25) is 0 Å². The fraction of sp³-hybridized carbons (Fsp3) is 0.348. The summed E-state index contributed by atoms with van der Waals surface area (Å²) in [6, 6.07) is 12.7. The van der Waals surface area contributed by atoms with E-state index in [2.05, 4.69) is 12.2 Å². The highest BCUT2D eigenvalue weighted by Gasteiger charge is 2.33. The van der Waals surface area contributed by atoms with Gasteiger partial charge in [0.2, 0.25) is 5.91 Å². The number of unbranched alkanes of at least 4 members (excludes halogenated alkanes) is 1. The molecule has 6 heteroatoms. The Morgan fingerprint density at radius 2 is 1.86 bits per heavy atom. The highest BCUT2D eigenvalue weighted by Crippen LogP contribution is 2.35. The van der Waals surface area contributed by atoms with Gasteiger partial charge in [0.1, 0.15) is 12.3 Å². The molecule has 1 aliphatic heterocycles. The Hall–Kier alpha value is -3.15. The number of nitrogens with zero attached hydrogens (tertiary/aromatic N) is 1. The molecular formula is C23H26N2O4. The van der Waals surface area contributed by atoms with Crippen molar-refractivity contribution in [1.29, 1.82) is 0 Å². The Morgan fingerprint density at radius 3 is 2.52 bits per heavy atom. The number of hydrogen-bond donors (Lipinski definition) is 1. The molecule has 1 unspecified atom stereocenters. The third kappa shape index (κ3) is 4.83. The fourth-order valence-electron chi connectivity index (χ4n) is 3.27. The first-order valence-electron chi connectivity index (χ1n) is 9.91. The molecule has 3 rings (SSSR count). The molecule has 0 bridgehead atoms. The van der Waals surface area contributed by atoms with Gasteiger partial charge >= 0.3 is 0 Å². The summed E-state index contributed by atoms with van der Waals surface area (Å²) in [4.78, 5) is 38.3. The van der Waals surface area contributed by atoms with Crippen LogP contribution < -0.4 is 15.0 Å². The summed E-state index contributed by atoms with van der Waals surface area (Å²) in [6.07, 6.45) is 2.58. The number of nitrogens with one attached hydrogen (secondary N) is 1. The maximum absolute atomic E-state index is 12.6. The molecule has 1 heterocycles. The van der Waals surface area contributed by atoms with Crippen LogP contribution in [0.4, 0.5) is 11.4 Å². The van der Waals surface area contributed by atoms with Gasteiger partial charge in [0.05, 0.1) is 5.69 Å². The number of ether oxygens (including phenoxy) is 1. The van der Waals surface area contributed by atoms with Gasteiger partial charge in [-0.15, -0.1) is 0 Å². The van der Waals surface area contributed by atoms with Crippen LogP contribution in [0, 0.1) is 0 Å². The average Bonchev–Trinajstić information content (AvgIpc) is 2.70. The first-order valence-corrected chi connectivity index (χ1v) is 9.91. The zero-order valence-electron chi connectivity index (χ0n) is 17.0. The van der Waals surface area contributed by atoms with Gasteiger partial charge in [-0.2, -0.15) is 0 Å². The van der Waals surface area contributed by atoms with E-state index in [1.54, 1.807) is 25.1 Å². The van der Waals surface area contributed by atoms with Crippen molar-refractivity contribution in [3.63, 3.8) is 0 Å². The lowest BCUT2D eigenvalue weighted by Gasteiger charge is -2.32.